The maximum Gasteiger partial charge on any atom is 0.303 e. The van der Waals surface area contributed by atoms with Gasteiger partial charge in [0.2, 0.25) is 5.91 Å². The highest BCUT2D eigenvalue weighted by Crippen LogP contribution is 2.22. The second-order valence-corrected chi connectivity index (χ2v) is 6.07. The van der Waals surface area contributed by atoms with Gasteiger partial charge in [0.15, 0.2) is 0 Å². The Morgan fingerprint density at radius 1 is 1.42 bits per heavy atom. The van der Waals surface area contributed by atoms with Crippen LogP contribution in [0.5, 0.6) is 0 Å². The van der Waals surface area contributed by atoms with Gasteiger partial charge in [-0.2, -0.15) is 11.8 Å². The zero-order valence-electron chi connectivity index (χ0n) is 11.5. The Hall–Kier alpha value is -0.750. The van der Waals surface area contributed by atoms with Crippen molar-refractivity contribution in [2.75, 3.05) is 25.1 Å². The fourth-order valence-corrected chi connectivity index (χ4v) is 2.86. The van der Waals surface area contributed by atoms with Gasteiger partial charge in [-0.15, -0.1) is 0 Å². The van der Waals surface area contributed by atoms with E-state index in [1.54, 1.807) is 11.8 Å². The number of piperidine rings is 1. The van der Waals surface area contributed by atoms with E-state index in [9.17, 15) is 9.59 Å². The summed E-state index contributed by atoms with van der Waals surface area (Å²) < 4.78 is 0. The van der Waals surface area contributed by atoms with E-state index in [1.807, 2.05) is 11.2 Å². The highest BCUT2D eigenvalue weighted by atomic mass is 32.2. The van der Waals surface area contributed by atoms with Crippen molar-refractivity contribution in [1.82, 2.24) is 4.90 Å². The molecule has 5 nitrogen and oxygen atoms in total. The lowest BCUT2D eigenvalue weighted by molar-refractivity contribution is -0.138. The van der Waals surface area contributed by atoms with Crippen LogP contribution in [0.3, 0.4) is 0 Å². The van der Waals surface area contributed by atoms with Gasteiger partial charge in [-0.3, -0.25) is 9.59 Å². The van der Waals surface area contributed by atoms with E-state index in [2.05, 4.69) is 0 Å². The van der Waals surface area contributed by atoms with Gasteiger partial charge in [0, 0.05) is 19.5 Å². The number of aliphatic carboxylic acids is 1. The molecule has 1 aliphatic rings. The third-order valence-electron chi connectivity index (χ3n) is 3.64. The Bertz CT molecular complexity index is 304. The van der Waals surface area contributed by atoms with Crippen molar-refractivity contribution in [3.05, 3.63) is 0 Å². The standard InChI is InChI=1S/C13H24N2O3S/c1-19-9-6-11(14)13(18)15-7-4-10(5-8-15)2-3-12(16)17/h10-11H,2-9,14H2,1H3,(H,16,17)/t11-/m0/s1. The van der Waals surface area contributed by atoms with Crippen molar-refractivity contribution >= 4 is 23.6 Å². The first kappa shape index (κ1) is 16.3. The number of carboxylic acid groups (broad SMARTS) is 1. The van der Waals surface area contributed by atoms with Gasteiger partial charge >= 0.3 is 5.97 Å². The van der Waals surface area contributed by atoms with Crippen LogP contribution in [0.4, 0.5) is 0 Å². The van der Waals surface area contributed by atoms with Crippen LogP contribution in [-0.4, -0.2) is 53.0 Å². The summed E-state index contributed by atoms with van der Waals surface area (Å²) in [6.45, 7) is 1.44. The smallest absolute Gasteiger partial charge is 0.303 e. The van der Waals surface area contributed by atoms with Crippen LogP contribution in [0.25, 0.3) is 0 Å². The van der Waals surface area contributed by atoms with Crippen LogP contribution < -0.4 is 5.73 Å². The molecule has 0 aromatic carbocycles. The summed E-state index contributed by atoms with van der Waals surface area (Å²) in [5.41, 5.74) is 5.88. The number of rotatable bonds is 7. The molecule has 0 aromatic heterocycles. The third kappa shape index (κ3) is 5.82. The average Bonchev–Trinajstić information content (AvgIpc) is 2.42. The van der Waals surface area contributed by atoms with Crippen LogP contribution in [0.1, 0.15) is 32.1 Å². The SMILES string of the molecule is CSCC[C@H](N)C(=O)N1CCC(CCC(=O)O)CC1. The number of hydrogen-bond donors (Lipinski definition) is 2. The minimum absolute atomic E-state index is 0.0470. The lowest BCUT2D eigenvalue weighted by Crippen LogP contribution is -2.47. The molecule has 0 unspecified atom stereocenters. The van der Waals surface area contributed by atoms with Crippen LogP contribution in [-0.2, 0) is 9.59 Å². The summed E-state index contributed by atoms with van der Waals surface area (Å²) in [5, 5.41) is 8.66. The molecule has 19 heavy (non-hydrogen) atoms. The summed E-state index contributed by atoms with van der Waals surface area (Å²) in [4.78, 5) is 24.4. The van der Waals surface area contributed by atoms with Gasteiger partial charge < -0.3 is 15.7 Å². The molecule has 110 valence electrons. The highest BCUT2D eigenvalue weighted by molar-refractivity contribution is 7.98. The number of amides is 1. The second-order valence-electron chi connectivity index (χ2n) is 5.09. The first-order valence-electron chi connectivity index (χ1n) is 6.79. The van der Waals surface area contributed by atoms with Crippen molar-refractivity contribution in [3.8, 4) is 0 Å². The van der Waals surface area contributed by atoms with E-state index < -0.39 is 5.97 Å². The predicted octanol–water partition coefficient (Wildman–Crippen LogP) is 1.17. The predicted molar refractivity (Wildman–Crippen MR) is 77.1 cm³/mol. The van der Waals surface area contributed by atoms with Crippen molar-refractivity contribution in [2.45, 2.75) is 38.1 Å². The monoisotopic (exact) mass is 288 g/mol. The first-order valence-corrected chi connectivity index (χ1v) is 8.19. The number of carboxylic acids is 1. The van der Waals surface area contributed by atoms with Gasteiger partial charge in [0.1, 0.15) is 0 Å². The lowest BCUT2D eigenvalue weighted by Gasteiger charge is -2.33. The summed E-state index contributed by atoms with van der Waals surface area (Å²) in [7, 11) is 0. The first-order chi connectivity index (χ1) is 9.04. The number of thioether (sulfide) groups is 1. The van der Waals surface area contributed by atoms with E-state index in [-0.39, 0.29) is 18.4 Å². The van der Waals surface area contributed by atoms with Crippen molar-refractivity contribution in [1.29, 1.82) is 0 Å². The molecular formula is C13H24N2O3S. The van der Waals surface area contributed by atoms with Crippen LogP contribution in [0.2, 0.25) is 0 Å². The number of carbonyl (C=O) groups is 2. The minimum Gasteiger partial charge on any atom is -0.481 e. The topological polar surface area (TPSA) is 83.6 Å². The summed E-state index contributed by atoms with van der Waals surface area (Å²) in [5.74, 6) is 0.646. The Balaban J connectivity index is 2.28. The van der Waals surface area contributed by atoms with E-state index in [0.29, 0.717) is 5.92 Å². The molecule has 6 heteroatoms. The second kappa shape index (κ2) is 8.43. The van der Waals surface area contributed by atoms with Crippen molar-refractivity contribution in [2.24, 2.45) is 11.7 Å². The number of nitrogens with two attached hydrogens (primary N) is 1. The summed E-state index contributed by atoms with van der Waals surface area (Å²) >= 11 is 1.70. The molecule has 1 atom stereocenters. The molecule has 1 heterocycles. The average molecular weight is 288 g/mol. The molecule has 1 saturated heterocycles. The fourth-order valence-electron chi connectivity index (χ4n) is 2.37. The van der Waals surface area contributed by atoms with E-state index in [0.717, 1.165) is 44.5 Å². The fraction of sp³-hybridized carbons (Fsp3) is 0.846. The van der Waals surface area contributed by atoms with Crippen molar-refractivity contribution < 1.29 is 14.7 Å². The summed E-state index contributed by atoms with van der Waals surface area (Å²) in [6.07, 6.45) is 5.47. The molecule has 1 aliphatic heterocycles. The molecule has 0 spiro atoms. The molecule has 1 rings (SSSR count). The summed E-state index contributed by atoms with van der Waals surface area (Å²) in [6, 6.07) is -0.386. The zero-order chi connectivity index (χ0) is 14.3. The molecule has 0 aromatic rings. The van der Waals surface area contributed by atoms with E-state index in [1.165, 1.54) is 0 Å². The van der Waals surface area contributed by atoms with Crippen LogP contribution in [0.15, 0.2) is 0 Å². The van der Waals surface area contributed by atoms with E-state index in [4.69, 9.17) is 10.8 Å². The maximum atomic E-state index is 12.1. The number of hydrogen-bond acceptors (Lipinski definition) is 4. The quantitative estimate of drug-likeness (QED) is 0.734. The van der Waals surface area contributed by atoms with Gasteiger partial charge in [-0.1, -0.05) is 0 Å². The largest absolute Gasteiger partial charge is 0.481 e. The normalized spacial score (nSPS) is 18.3. The minimum atomic E-state index is -0.738. The molecule has 1 amide bonds. The zero-order valence-corrected chi connectivity index (χ0v) is 12.3. The van der Waals surface area contributed by atoms with Gasteiger partial charge in [0.05, 0.1) is 6.04 Å². The van der Waals surface area contributed by atoms with Gasteiger partial charge in [0.25, 0.3) is 0 Å². The van der Waals surface area contributed by atoms with Gasteiger partial charge in [-0.05, 0) is 43.6 Å². The Morgan fingerprint density at radius 3 is 2.58 bits per heavy atom. The van der Waals surface area contributed by atoms with Crippen molar-refractivity contribution in [3.63, 3.8) is 0 Å². The van der Waals surface area contributed by atoms with Crippen LogP contribution >= 0.6 is 11.8 Å². The number of carbonyl (C=O) groups excluding carboxylic acids is 1. The lowest BCUT2D eigenvalue weighted by atomic mass is 9.92. The molecular weight excluding hydrogens is 264 g/mol. The molecule has 0 bridgehead atoms. The Kier molecular flexibility index (Phi) is 7.23. The molecule has 0 radical (unpaired) electrons. The number of nitrogens with zero attached hydrogens (tertiary/aromatic N) is 1. The molecule has 1 fully saturated rings. The van der Waals surface area contributed by atoms with Crippen LogP contribution in [0, 0.1) is 5.92 Å². The number of likely N-dealkylation sites (tertiary alicyclic amines) is 1. The molecule has 0 aliphatic carbocycles. The van der Waals surface area contributed by atoms with Gasteiger partial charge in [-0.25, -0.2) is 0 Å². The molecule has 0 saturated carbocycles. The Morgan fingerprint density at radius 2 is 2.05 bits per heavy atom. The highest BCUT2D eigenvalue weighted by Gasteiger charge is 2.26. The molecule has 3 N–H and O–H groups in total. The maximum absolute atomic E-state index is 12.1. The third-order valence-corrected chi connectivity index (χ3v) is 4.29. The Labute approximate surface area is 118 Å². The van der Waals surface area contributed by atoms with E-state index >= 15 is 0 Å².